The maximum atomic E-state index is 13.1. The summed E-state index contributed by atoms with van der Waals surface area (Å²) in [7, 11) is -9.93. The Hall–Kier alpha value is -2.46. The molecule has 0 saturated carbocycles. The minimum Gasteiger partial charge on any atom is -0.462 e. The Morgan fingerprint density at radius 1 is 0.313 bits per heavy atom. The van der Waals surface area contributed by atoms with Gasteiger partial charge in [-0.3, -0.25) is 37.3 Å². The van der Waals surface area contributed by atoms with E-state index in [1.54, 1.807) is 0 Å². The minimum atomic E-state index is -4.97. The molecular weight excluding hydrogens is 1290 g/mol. The summed E-state index contributed by atoms with van der Waals surface area (Å²) in [6.07, 6.45) is 60.6. The van der Waals surface area contributed by atoms with Crippen molar-refractivity contribution in [1.29, 1.82) is 0 Å². The average Bonchev–Trinajstić information content (AvgIpc) is 1.05. The lowest BCUT2D eigenvalue weighted by Crippen LogP contribution is -2.30. The van der Waals surface area contributed by atoms with Crippen LogP contribution in [0.3, 0.4) is 0 Å². The number of phosphoric acid groups is 2. The van der Waals surface area contributed by atoms with Crippen molar-refractivity contribution in [1.82, 2.24) is 0 Å². The van der Waals surface area contributed by atoms with E-state index in [4.69, 9.17) is 37.0 Å². The van der Waals surface area contributed by atoms with Crippen molar-refractivity contribution in [3.8, 4) is 0 Å². The number of carbonyl (C=O) groups is 4. The minimum absolute atomic E-state index is 0.0851. The van der Waals surface area contributed by atoms with Crippen molar-refractivity contribution in [2.45, 2.75) is 407 Å². The Labute approximate surface area is 605 Å². The van der Waals surface area contributed by atoms with E-state index in [1.807, 2.05) is 0 Å². The lowest BCUT2D eigenvalue weighted by Gasteiger charge is -2.21. The van der Waals surface area contributed by atoms with Crippen LogP contribution in [-0.2, 0) is 65.4 Å². The third-order valence-corrected chi connectivity index (χ3v) is 19.9. The number of aliphatic hydroxyl groups is 1. The van der Waals surface area contributed by atoms with E-state index in [-0.39, 0.29) is 25.7 Å². The van der Waals surface area contributed by atoms with E-state index in [2.05, 4.69) is 72.8 Å². The normalized spacial score (nSPS) is 14.2. The molecule has 0 heterocycles. The summed E-state index contributed by atoms with van der Waals surface area (Å²) < 4.78 is 68.6. The Morgan fingerprint density at radius 2 is 0.545 bits per heavy atom. The van der Waals surface area contributed by atoms with Gasteiger partial charge in [0.1, 0.15) is 19.3 Å². The number of allylic oxidation sites excluding steroid dienone is 4. The third-order valence-electron chi connectivity index (χ3n) is 18.0. The molecule has 0 aromatic heterocycles. The summed E-state index contributed by atoms with van der Waals surface area (Å²) >= 11 is 0. The SMILES string of the molecule is CCCCCC/C=C\C=C/CCCCCCCC(=O)O[C@H](COC(=O)CCCCCCCCCCCCCCCCCCC(C)C)COP(=O)(O)OC[C@@H](O)COP(=O)(O)OC[C@@H](COC(=O)CCCCCCCCC(C)C)OC(=O)CCCCCCCCCCCCCCCC(C)C. The Bertz CT molecular complexity index is 2020. The molecule has 19 heteroatoms. The lowest BCUT2D eigenvalue weighted by molar-refractivity contribution is -0.161. The van der Waals surface area contributed by atoms with E-state index in [1.165, 1.54) is 180 Å². The van der Waals surface area contributed by atoms with Gasteiger partial charge in [-0.15, -0.1) is 0 Å². The second-order valence-electron chi connectivity index (χ2n) is 29.5. The Balaban J connectivity index is 5.25. The van der Waals surface area contributed by atoms with E-state index in [0.29, 0.717) is 31.6 Å². The van der Waals surface area contributed by atoms with Crippen molar-refractivity contribution >= 4 is 39.5 Å². The number of unbranched alkanes of at least 4 members (excludes halogenated alkanes) is 41. The van der Waals surface area contributed by atoms with Gasteiger partial charge in [-0.2, -0.15) is 0 Å². The van der Waals surface area contributed by atoms with Crippen LogP contribution >= 0.6 is 15.6 Å². The van der Waals surface area contributed by atoms with Crippen molar-refractivity contribution in [3.63, 3.8) is 0 Å². The molecule has 0 radical (unpaired) electrons. The topological polar surface area (TPSA) is 237 Å². The van der Waals surface area contributed by atoms with Gasteiger partial charge in [0.2, 0.25) is 0 Å². The highest BCUT2D eigenvalue weighted by molar-refractivity contribution is 7.47. The molecule has 2 unspecified atom stereocenters. The van der Waals surface area contributed by atoms with Gasteiger partial charge in [0.15, 0.2) is 12.2 Å². The summed E-state index contributed by atoms with van der Waals surface area (Å²) in [5, 5.41) is 10.6. The number of esters is 4. The first kappa shape index (κ1) is 96.5. The predicted octanol–water partition coefficient (Wildman–Crippen LogP) is 23.3. The fourth-order valence-electron chi connectivity index (χ4n) is 11.8. The maximum Gasteiger partial charge on any atom is 0.472 e. The fraction of sp³-hybridized carbons (Fsp3) is 0.900. The molecule has 0 bridgehead atoms. The van der Waals surface area contributed by atoms with Gasteiger partial charge in [0.25, 0.3) is 0 Å². The monoisotopic (exact) mass is 1450 g/mol. The van der Waals surface area contributed by atoms with Crippen molar-refractivity contribution in [2.24, 2.45) is 17.8 Å². The molecule has 0 aromatic rings. The third kappa shape index (κ3) is 73.6. The number of ether oxygens (including phenoxy) is 4. The first-order valence-corrected chi connectivity index (χ1v) is 43.7. The molecule has 17 nitrogen and oxygen atoms in total. The number of phosphoric ester groups is 2. The molecule has 99 heavy (non-hydrogen) atoms. The molecular formula is C80H152O17P2. The van der Waals surface area contributed by atoms with Crippen LogP contribution in [-0.4, -0.2) is 96.7 Å². The largest absolute Gasteiger partial charge is 0.472 e. The summed E-state index contributed by atoms with van der Waals surface area (Å²) in [5.41, 5.74) is 0. The standard InChI is InChI=1S/C80H152O17P2/c1-8-9-10-11-12-13-14-15-18-25-30-35-40-49-56-63-79(84)96-75(67-90-77(82)61-54-47-39-34-29-24-20-17-16-19-22-27-32-37-44-51-58-71(2)3)69-94-98(86,87)92-65-74(81)66-93-99(88,89)95-70-76(68-91-78(83)62-55-48-43-42-46-53-60-73(6)7)97-80(85)64-57-50-41-36-31-26-21-23-28-33-38-45-52-59-72(4)5/h13-15,18,71-76,81H,8-12,16-17,19-70H2,1-7H3,(H,86,87)(H,88,89)/b14-13-,18-15-/t74-,75-,76-/m1/s1. The van der Waals surface area contributed by atoms with Crippen LogP contribution in [0.4, 0.5) is 0 Å². The van der Waals surface area contributed by atoms with Gasteiger partial charge < -0.3 is 33.8 Å². The molecule has 0 aliphatic carbocycles. The summed E-state index contributed by atoms with van der Waals surface area (Å²) in [6.45, 7) is 11.8. The van der Waals surface area contributed by atoms with Crippen LogP contribution in [0.5, 0.6) is 0 Å². The number of aliphatic hydroxyl groups excluding tert-OH is 1. The van der Waals surface area contributed by atoms with Crippen LogP contribution in [0.1, 0.15) is 389 Å². The highest BCUT2D eigenvalue weighted by Gasteiger charge is 2.30. The molecule has 0 saturated heterocycles. The highest BCUT2D eigenvalue weighted by atomic mass is 31.2. The van der Waals surface area contributed by atoms with E-state index in [9.17, 15) is 43.2 Å². The zero-order valence-electron chi connectivity index (χ0n) is 64.4. The van der Waals surface area contributed by atoms with E-state index in [0.717, 1.165) is 121 Å². The molecule has 0 rings (SSSR count). The molecule has 0 fully saturated rings. The quantitative estimate of drug-likeness (QED) is 0.0169. The Morgan fingerprint density at radius 3 is 0.818 bits per heavy atom. The lowest BCUT2D eigenvalue weighted by atomic mass is 10.0. The van der Waals surface area contributed by atoms with E-state index < -0.39 is 97.5 Å². The average molecular weight is 1450 g/mol. The number of rotatable bonds is 76. The van der Waals surface area contributed by atoms with Crippen LogP contribution in [0.15, 0.2) is 24.3 Å². The number of carbonyl (C=O) groups excluding carboxylic acids is 4. The second-order valence-corrected chi connectivity index (χ2v) is 32.5. The predicted molar refractivity (Wildman–Crippen MR) is 404 cm³/mol. The smallest absolute Gasteiger partial charge is 0.462 e. The summed E-state index contributed by atoms with van der Waals surface area (Å²) in [6, 6.07) is 0. The van der Waals surface area contributed by atoms with Crippen molar-refractivity contribution in [3.05, 3.63) is 24.3 Å². The van der Waals surface area contributed by atoms with Gasteiger partial charge in [-0.05, 0) is 69.1 Å². The molecule has 0 aromatic carbocycles. The first-order valence-electron chi connectivity index (χ1n) is 40.7. The summed E-state index contributed by atoms with van der Waals surface area (Å²) in [5.74, 6) is 0.128. The fourth-order valence-corrected chi connectivity index (χ4v) is 13.3. The number of hydrogen-bond donors (Lipinski definition) is 3. The zero-order chi connectivity index (χ0) is 73.0. The summed E-state index contributed by atoms with van der Waals surface area (Å²) in [4.78, 5) is 72.9. The molecule has 3 N–H and O–H groups in total. The van der Waals surface area contributed by atoms with Gasteiger partial charge in [-0.1, -0.05) is 336 Å². The molecule has 584 valence electrons. The van der Waals surface area contributed by atoms with Gasteiger partial charge in [0.05, 0.1) is 26.4 Å². The zero-order valence-corrected chi connectivity index (χ0v) is 66.2. The van der Waals surface area contributed by atoms with Crippen LogP contribution in [0, 0.1) is 17.8 Å². The second kappa shape index (κ2) is 69.9. The first-order chi connectivity index (χ1) is 47.7. The molecule has 0 aliphatic heterocycles. The van der Waals surface area contributed by atoms with Crippen molar-refractivity contribution < 1.29 is 80.2 Å². The van der Waals surface area contributed by atoms with Crippen LogP contribution in [0.25, 0.3) is 0 Å². The molecule has 0 aliphatic rings. The van der Waals surface area contributed by atoms with Crippen molar-refractivity contribution in [2.75, 3.05) is 39.6 Å². The Kier molecular flexibility index (Phi) is 68.1. The van der Waals surface area contributed by atoms with Gasteiger partial charge in [-0.25, -0.2) is 9.13 Å². The van der Waals surface area contributed by atoms with E-state index >= 15 is 0 Å². The number of hydrogen-bond acceptors (Lipinski definition) is 15. The highest BCUT2D eigenvalue weighted by Crippen LogP contribution is 2.45. The van der Waals surface area contributed by atoms with Crippen LogP contribution in [0.2, 0.25) is 0 Å². The van der Waals surface area contributed by atoms with Crippen LogP contribution < -0.4 is 0 Å². The molecule has 0 spiro atoms. The molecule has 5 atom stereocenters. The maximum absolute atomic E-state index is 13.1. The molecule has 0 amide bonds. The van der Waals surface area contributed by atoms with Gasteiger partial charge >= 0.3 is 39.5 Å². The van der Waals surface area contributed by atoms with Gasteiger partial charge in [0, 0.05) is 25.7 Å².